The second kappa shape index (κ2) is 44.5. The SMILES string of the molecule is COC(=O)[C@@H]1O[C@@H](O[C@H]2[C@H](OCc3ccccc3)[C@@H](N=[N+]=[N-])[C@@H](O[C@H]3[C@H](OCc4ccccc4)[C@@H](OC(=O)c4ccccc4)[C@H](OCCCCCN(Cc4ccccc4)C(=O)OCc4ccc(CO)cc4)O[C@H]3C(=O)OC)O[C@@H]2COC(=O)c2ccccc2)[C@H](OC(=O)c2ccccc2)[C@@H](OCc2ccccc2)[C@@H]1OC(=O)CCC(C)=O. The third kappa shape index (κ3) is 24.7. The molecule has 117 heavy (non-hydrogen) atoms. The first kappa shape index (κ1) is 86.3. The second-order valence-corrected chi connectivity index (χ2v) is 27.6. The van der Waals surface area contributed by atoms with Crippen molar-refractivity contribution in [2.45, 2.75) is 171 Å². The molecule has 0 aliphatic carbocycles. The van der Waals surface area contributed by atoms with Gasteiger partial charge in [0.05, 0.1) is 63.8 Å². The molecule has 29 heteroatoms. The monoisotopic (exact) mass is 1600 g/mol. The third-order valence-electron chi connectivity index (χ3n) is 19.3. The van der Waals surface area contributed by atoms with Crippen LogP contribution in [0.2, 0.25) is 0 Å². The van der Waals surface area contributed by atoms with Gasteiger partial charge in [-0.3, -0.25) is 4.79 Å². The largest absolute Gasteiger partial charge is 0.467 e. The maximum Gasteiger partial charge on any atom is 0.410 e. The molecule has 11 rings (SSSR count). The Morgan fingerprint density at radius 1 is 0.427 bits per heavy atom. The maximum atomic E-state index is 14.9. The summed E-state index contributed by atoms with van der Waals surface area (Å²) in [4.78, 5) is 118. The van der Waals surface area contributed by atoms with Crippen molar-refractivity contribution in [3.05, 3.63) is 297 Å². The van der Waals surface area contributed by atoms with Crippen LogP contribution in [0.15, 0.2) is 242 Å². The maximum absolute atomic E-state index is 14.9. The number of amides is 1. The molecule has 0 bridgehead atoms. The highest BCUT2D eigenvalue weighted by Crippen LogP contribution is 2.40. The highest BCUT2D eigenvalue weighted by atomic mass is 16.8. The van der Waals surface area contributed by atoms with E-state index in [4.69, 9.17) is 75.8 Å². The Kier molecular flexibility index (Phi) is 32.8. The van der Waals surface area contributed by atoms with E-state index in [0.717, 1.165) is 25.3 Å². The van der Waals surface area contributed by atoms with Gasteiger partial charge in [0.2, 0.25) is 0 Å². The van der Waals surface area contributed by atoms with Gasteiger partial charge in [-0.05, 0) is 101 Å². The number of benzene rings is 8. The number of esters is 6. The van der Waals surface area contributed by atoms with Crippen molar-refractivity contribution in [3.63, 3.8) is 0 Å². The number of azide groups is 1. The number of Topliss-reactive ketones (excluding diaryl/α,β-unsaturated/α-hetero) is 1. The zero-order valence-electron chi connectivity index (χ0n) is 64.6. The van der Waals surface area contributed by atoms with Crippen LogP contribution < -0.4 is 0 Å². The predicted molar refractivity (Wildman–Crippen MR) is 415 cm³/mol. The zero-order valence-corrected chi connectivity index (χ0v) is 64.6. The average molecular weight is 1610 g/mol. The summed E-state index contributed by atoms with van der Waals surface area (Å²) < 4.78 is 103. The fourth-order valence-electron chi connectivity index (χ4n) is 13.3. The third-order valence-corrected chi connectivity index (χ3v) is 19.3. The Labute approximate surface area is 675 Å². The topological polar surface area (TPSA) is 356 Å². The number of methoxy groups -OCH3 is 2. The van der Waals surface area contributed by atoms with Crippen LogP contribution in [0.5, 0.6) is 0 Å². The molecule has 0 unspecified atom stereocenters. The fourth-order valence-corrected chi connectivity index (χ4v) is 13.3. The van der Waals surface area contributed by atoms with Gasteiger partial charge < -0.3 is 90.6 Å². The second-order valence-electron chi connectivity index (χ2n) is 27.6. The van der Waals surface area contributed by atoms with E-state index in [1.807, 2.05) is 30.3 Å². The molecular weight excluding hydrogens is 1510 g/mol. The minimum atomic E-state index is -2.07. The van der Waals surface area contributed by atoms with Gasteiger partial charge in [0.15, 0.2) is 49.4 Å². The predicted octanol–water partition coefficient (Wildman–Crippen LogP) is 11.8. The summed E-state index contributed by atoms with van der Waals surface area (Å²) in [5.74, 6) is -6.31. The number of ketones is 1. The van der Waals surface area contributed by atoms with Gasteiger partial charge >= 0.3 is 41.9 Å². The lowest BCUT2D eigenvalue weighted by Gasteiger charge is -2.50. The van der Waals surface area contributed by atoms with Crippen molar-refractivity contribution in [1.82, 2.24) is 4.90 Å². The van der Waals surface area contributed by atoms with Crippen LogP contribution in [-0.2, 0) is 135 Å². The number of aliphatic hydroxyl groups excluding tert-OH is 1. The van der Waals surface area contributed by atoms with Crippen LogP contribution in [0.3, 0.4) is 0 Å². The number of hydrogen-bond acceptors (Lipinski definition) is 26. The molecule has 15 atom stereocenters. The molecule has 614 valence electrons. The van der Waals surface area contributed by atoms with Crippen molar-refractivity contribution < 1.29 is 119 Å². The van der Waals surface area contributed by atoms with Gasteiger partial charge in [-0.2, -0.15) is 0 Å². The summed E-state index contributed by atoms with van der Waals surface area (Å²) in [7, 11) is 2.14. The molecule has 3 heterocycles. The molecular formula is C88H92N4O25. The van der Waals surface area contributed by atoms with Gasteiger partial charge in [-0.25, -0.2) is 28.8 Å². The van der Waals surface area contributed by atoms with E-state index in [9.17, 15) is 49.0 Å². The highest BCUT2D eigenvalue weighted by molar-refractivity contribution is 5.91. The van der Waals surface area contributed by atoms with E-state index in [-0.39, 0.29) is 81.6 Å². The fraction of sp³-hybridized carbons (Fsp3) is 0.364. The lowest BCUT2D eigenvalue weighted by atomic mass is 9.94. The molecule has 3 saturated heterocycles. The zero-order chi connectivity index (χ0) is 82.3. The lowest BCUT2D eigenvalue weighted by Crippen LogP contribution is -2.68. The van der Waals surface area contributed by atoms with E-state index in [1.165, 1.54) is 43.3 Å². The average Bonchev–Trinajstić information content (AvgIpc) is 0.758. The number of carbonyl (C=O) groups excluding carboxylic acids is 8. The highest BCUT2D eigenvalue weighted by Gasteiger charge is 2.60. The normalized spacial score (nSPS) is 22.8. The molecule has 29 nitrogen and oxygen atoms in total. The smallest absolute Gasteiger partial charge is 0.410 e. The van der Waals surface area contributed by atoms with Gasteiger partial charge in [0, 0.05) is 31.0 Å². The van der Waals surface area contributed by atoms with Crippen LogP contribution in [0.25, 0.3) is 10.4 Å². The van der Waals surface area contributed by atoms with E-state index in [0.29, 0.717) is 41.5 Å². The minimum Gasteiger partial charge on any atom is -0.467 e. The summed E-state index contributed by atoms with van der Waals surface area (Å²) in [5.41, 5.74) is 15.1. The first-order valence-electron chi connectivity index (χ1n) is 38.2. The first-order valence-corrected chi connectivity index (χ1v) is 38.2. The Morgan fingerprint density at radius 3 is 1.38 bits per heavy atom. The summed E-state index contributed by atoms with van der Waals surface area (Å²) >= 11 is 0. The summed E-state index contributed by atoms with van der Waals surface area (Å²) in [6, 6.07) is 64.5. The standard InChI is InChI=1S/C88H92N4O25/c1-57(94)42-47-68(95)111-74-72(106-53-61-32-16-6-17-33-61)79(113-82(98)66-40-24-10-25-41-66)87(117-76(74)83(99)102-2)114-70-67(56-108-80(96)64-36-20-8-21-37-64)110-85(69(90-91-89)71(70)105-52-60-30-14-5-15-31-60)115-75-73(107-54-62-34-18-7-19-35-62)78(112-81(97)65-38-22-9-23-39-65)86(116-77(75)84(100)103-3)104-49-27-11-26-48-92(50-58-28-12-4-13-29-58)88(101)109-55-63-45-43-59(51-93)44-46-63/h4-10,12-25,28-41,43-46,67,69-79,85-87,93H,11,26-27,42,47-56H2,1-3H3/t67-,69-,70-,71-,72+,73+,74+,75+,76-,77-,78-,79-,85-,86-,87-/m1/s1. The van der Waals surface area contributed by atoms with Crippen molar-refractivity contribution in [1.29, 1.82) is 0 Å². The Morgan fingerprint density at radius 2 is 0.872 bits per heavy atom. The molecule has 0 saturated carbocycles. The lowest BCUT2D eigenvalue weighted by molar-refractivity contribution is -0.366. The summed E-state index contributed by atoms with van der Waals surface area (Å²) in [5, 5.41) is 13.9. The molecule has 0 spiro atoms. The molecule has 0 aromatic heterocycles. The molecule has 8 aromatic rings. The Bertz CT molecular complexity index is 4520. The van der Waals surface area contributed by atoms with Crippen LogP contribution >= 0.6 is 0 Å². The van der Waals surface area contributed by atoms with Gasteiger partial charge in [0.25, 0.3) is 0 Å². The van der Waals surface area contributed by atoms with Crippen molar-refractivity contribution in [3.8, 4) is 0 Å². The molecule has 3 aliphatic heterocycles. The quantitative estimate of drug-likeness (QED) is 0.00933. The number of nitrogens with zero attached hydrogens (tertiary/aromatic N) is 4. The summed E-state index contributed by atoms with van der Waals surface area (Å²) in [6.45, 7) is -0.101. The molecule has 3 fully saturated rings. The number of ether oxygens (including phenoxy) is 16. The van der Waals surface area contributed by atoms with E-state index in [1.54, 1.807) is 175 Å². The Balaban J connectivity index is 0.972. The van der Waals surface area contributed by atoms with Crippen LogP contribution in [0.4, 0.5) is 4.79 Å². The first-order chi connectivity index (χ1) is 57.1. The van der Waals surface area contributed by atoms with Crippen LogP contribution in [-0.4, -0.2) is 184 Å². The molecule has 1 N–H and O–H groups in total. The van der Waals surface area contributed by atoms with E-state index in [2.05, 4.69) is 10.0 Å². The molecule has 3 aliphatic rings. The number of aliphatic hydroxyl groups is 1. The summed E-state index contributed by atoms with van der Waals surface area (Å²) in [6.07, 6.45) is -25.5. The van der Waals surface area contributed by atoms with E-state index >= 15 is 0 Å². The van der Waals surface area contributed by atoms with Gasteiger partial charge in [-0.1, -0.05) is 205 Å². The number of rotatable bonds is 39. The molecule has 8 aromatic carbocycles. The van der Waals surface area contributed by atoms with Crippen molar-refractivity contribution in [2.24, 2.45) is 5.11 Å². The molecule has 1 amide bonds. The van der Waals surface area contributed by atoms with E-state index < -0.39 is 147 Å². The number of unbranched alkanes of at least 4 members (excludes halogenated alkanes) is 2. The van der Waals surface area contributed by atoms with Crippen molar-refractivity contribution >= 4 is 47.7 Å². The van der Waals surface area contributed by atoms with Gasteiger partial charge in [0.1, 0.15) is 61.7 Å². The number of carbonyl (C=O) groups is 8. The van der Waals surface area contributed by atoms with Crippen molar-refractivity contribution in [2.75, 3.05) is 34.0 Å². The Hall–Kier alpha value is -11.6. The van der Waals surface area contributed by atoms with Gasteiger partial charge in [-0.15, -0.1) is 0 Å². The van der Waals surface area contributed by atoms with Crippen LogP contribution in [0, 0.1) is 0 Å². The molecule has 0 radical (unpaired) electrons. The van der Waals surface area contributed by atoms with Crippen LogP contribution in [0.1, 0.15) is 103 Å². The minimum absolute atomic E-state index is 0.00942. The number of hydrogen-bond donors (Lipinski definition) is 1.